The largest absolute Gasteiger partial charge is 0.494 e. The molecule has 0 saturated carbocycles. The molecule has 0 radical (unpaired) electrons. The molecule has 7 heteroatoms. The second-order valence-corrected chi connectivity index (χ2v) is 5.55. The molecule has 0 spiro atoms. The van der Waals surface area contributed by atoms with Crippen LogP contribution in [-0.2, 0) is 9.53 Å². The Morgan fingerprint density at radius 3 is 2.48 bits per heavy atom. The Kier molecular flexibility index (Phi) is 6.36. The number of nitrogens with one attached hydrogen (secondary N) is 1. The minimum atomic E-state index is -1.10. The van der Waals surface area contributed by atoms with Crippen molar-refractivity contribution in [3.8, 4) is 5.75 Å². The fraction of sp³-hybridized carbons (Fsp3) is 0.222. The van der Waals surface area contributed by atoms with Crippen LogP contribution in [0.15, 0.2) is 42.5 Å². The van der Waals surface area contributed by atoms with Crippen LogP contribution in [0.4, 0.5) is 10.1 Å². The maximum atomic E-state index is 13.7. The zero-order valence-corrected chi connectivity index (χ0v) is 14.5. The van der Waals surface area contributed by atoms with Crippen molar-refractivity contribution < 1.29 is 23.5 Å². The molecule has 132 valence electrons. The van der Waals surface area contributed by atoms with Crippen molar-refractivity contribution in [2.45, 2.75) is 20.0 Å². The monoisotopic (exact) mass is 365 g/mol. The molecule has 0 fully saturated rings. The van der Waals surface area contributed by atoms with E-state index in [4.69, 9.17) is 21.1 Å². The van der Waals surface area contributed by atoms with E-state index < -0.39 is 23.8 Å². The first-order valence-corrected chi connectivity index (χ1v) is 7.98. The minimum absolute atomic E-state index is 0.0432. The first-order chi connectivity index (χ1) is 11.9. The second-order valence-electron chi connectivity index (χ2n) is 5.12. The van der Waals surface area contributed by atoms with Crippen molar-refractivity contribution in [3.05, 3.63) is 58.9 Å². The van der Waals surface area contributed by atoms with Gasteiger partial charge in [-0.05, 0) is 56.3 Å². The van der Waals surface area contributed by atoms with Crippen molar-refractivity contribution >= 4 is 29.2 Å². The summed E-state index contributed by atoms with van der Waals surface area (Å²) in [6.07, 6.45) is -1.10. The lowest BCUT2D eigenvalue weighted by Crippen LogP contribution is -2.30. The molecule has 1 N–H and O–H groups in total. The molecule has 25 heavy (non-hydrogen) atoms. The van der Waals surface area contributed by atoms with Gasteiger partial charge in [-0.25, -0.2) is 9.18 Å². The molecule has 0 bridgehead atoms. The molecule has 2 aromatic rings. The van der Waals surface area contributed by atoms with Gasteiger partial charge in [0, 0.05) is 5.02 Å². The maximum Gasteiger partial charge on any atom is 0.338 e. The van der Waals surface area contributed by atoms with Crippen LogP contribution < -0.4 is 10.1 Å². The van der Waals surface area contributed by atoms with Gasteiger partial charge in [0.15, 0.2) is 6.10 Å². The number of esters is 1. The quantitative estimate of drug-likeness (QED) is 0.784. The molecule has 1 atom stereocenters. The van der Waals surface area contributed by atoms with Crippen molar-refractivity contribution in [1.82, 2.24) is 0 Å². The lowest BCUT2D eigenvalue weighted by molar-refractivity contribution is -0.123. The Morgan fingerprint density at radius 1 is 1.20 bits per heavy atom. The van der Waals surface area contributed by atoms with Gasteiger partial charge in [0.25, 0.3) is 5.91 Å². The van der Waals surface area contributed by atoms with Gasteiger partial charge in [0.05, 0.1) is 17.9 Å². The highest BCUT2D eigenvalue weighted by Crippen LogP contribution is 2.19. The van der Waals surface area contributed by atoms with Crippen molar-refractivity contribution in [1.29, 1.82) is 0 Å². The number of halogens is 2. The number of hydrogen-bond acceptors (Lipinski definition) is 4. The summed E-state index contributed by atoms with van der Waals surface area (Å²) < 4.78 is 24.1. The van der Waals surface area contributed by atoms with Gasteiger partial charge in [0.1, 0.15) is 11.6 Å². The third-order valence-corrected chi connectivity index (χ3v) is 3.48. The van der Waals surface area contributed by atoms with E-state index in [-0.39, 0.29) is 16.3 Å². The molecule has 1 unspecified atom stereocenters. The summed E-state index contributed by atoms with van der Waals surface area (Å²) in [5.74, 6) is -1.36. The lowest BCUT2D eigenvalue weighted by Gasteiger charge is -2.14. The lowest BCUT2D eigenvalue weighted by atomic mass is 10.2. The summed E-state index contributed by atoms with van der Waals surface area (Å²) in [6.45, 7) is 3.77. The van der Waals surface area contributed by atoms with E-state index in [1.807, 2.05) is 6.92 Å². The van der Waals surface area contributed by atoms with Gasteiger partial charge < -0.3 is 14.8 Å². The minimum Gasteiger partial charge on any atom is -0.494 e. The van der Waals surface area contributed by atoms with Gasteiger partial charge in [-0.3, -0.25) is 4.79 Å². The molecule has 0 aliphatic heterocycles. The first-order valence-electron chi connectivity index (χ1n) is 7.60. The maximum absolute atomic E-state index is 13.7. The highest BCUT2D eigenvalue weighted by atomic mass is 35.5. The highest BCUT2D eigenvalue weighted by Gasteiger charge is 2.20. The standard InChI is InChI=1S/C18H17ClFNO4/c1-3-24-14-7-4-12(5-8-14)18(23)25-11(2)17(22)21-16-9-6-13(19)10-15(16)20/h4-11H,3H2,1-2H3,(H,21,22). The van der Waals surface area contributed by atoms with Crippen molar-refractivity contribution in [2.24, 2.45) is 0 Å². The summed E-state index contributed by atoms with van der Waals surface area (Å²) in [6, 6.07) is 10.2. The first kappa shape index (κ1) is 18.7. The van der Waals surface area contributed by atoms with Gasteiger partial charge in [-0.2, -0.15) is 0 Å². The molecule has 2 aromatic carbocycles. The van der Waals surface area contributed by atoms with E-state index >= 15 is 0 Å². The zero-order chi connectivity index (χ0) is 18.4. The van der Waals surface area contributed by atoms with Crippen LogP contribution in [0.3, 0.4) is 0 Å². The van der Waals surface area contributed by atoms with E-state index in [2.05, 4.69) is 5.32 Å². The Labute approximate surface area is 149 Å². The van der Waals surface area contributed by atoms with Crippen LogP contribution in [0.1, 0.15) is 24.2 Å². The summed E-state index contributed by atoms with van der Waals surface area (Å²) in [7, 11) is 0. The number of amides is 1. The van der Waals surface area contributed by atoms with Gasteiger partial charge >= 0.3 is 5.97 Å². The van der Waals surface area contributed by atoms with Crippen molar-refractivity contribution in [2.75, 3.05) is 11.9 Å². The summed E-state index contributed by atoms with van der Waals surface area (Å²) in [5.41, 5.74) is 0.235. The topological polar surface area (TPSA) is 64.6 Å². The van der Waals surface area contributed by atoms with Crippen LogP contribution in [-0.4, -0.2) is 24.6 Å². The number of ether oxygens (including phenoxy) is 2. The van der Waals surface area contributed by atoms with Gasteiger partial charge in [-0.15, -0.1) is 0 Å². The predicted octanol–water partition coefficient (Wildman–Crippen LogP) is 4.06. The molecule has 0 heterocycles. The average Bonchev–Trinajstić information content (AvgIpc) is 2.58. The van der Waals surface area contributed by atoms with E-state index in [9.17, 15) is 14.0 Å². The third kappa shape index (κ3) is 5.19. The SMILES string of the molecule is CCOc1ccc(C(=O)OC(C)C(=O)Nc2ccc(Cl)cc2F)cc1. The van der Waals surface area contributed by atoms with Gasteiger partial charge in [0.2, 0.25) is 0 Å². The Morgan fingerprint density at radius 2 is 1.88 bits per heavy atom. The van der Waals surface area contributed by atoms with Crippen LogP contribution in [0.2, 0.25) is 5.02 Å². The molecular formula is C18H17ClFNO4. The number of carbonyl (C=O) groups excluding carboxylic acids is 2. The Balaban J connectivity index is 1.96. The van der Waals surface area contributed by atoms with Crippen LogP contribution >= 0.6 is 11.6 Å². The molecule has 5 nitrogen and oxygen atoms in total. The second kappa shape index (κ2) is 8.48. The van der Waals surface area contributed by atoms with Crippen molar-refractivity contribution in [3.63, 3.8) is 0 Å². The molecule has 0 aliphatic rings. The van der Waals surface area contributed by atoms with Crippen LogP contribution in [0, 0.1) is 5.82 Å². The summed E-state index contributed by atoms with van der Waals surface area (Å²) in [4.78, 5) is 24.1. The third-order valence-electron chi connectivity index (χ3n) is 3.24. The average molecular weight is 366 g/mol. The molecule has 0 aliphatic carbocycles. The van der Waals surface area contributed by atoms with E-state index in [1.165, 1.54) is 31.2 Å². The van der Waals surface area contributed by atoms with Gasteiger partial charge in [-0.1, -0.05) is 11.6 Å². The number of rotatable bonds is 6. The number of anilines is 1. The molecule has 1 amide bonds. The van der Waals surface area contributed by atoms with Crippen LogP contribution in [0.5, 0.6) is 5.75 Å². The molecule has 0 aromatic heterocycles. The predicted molar refractivity (Wildman–Crippen MR) is 92.5 cm³/mol. The number of carbonyl (C=O) groups is 2. The van der Waals surface area contributed by atoms with E-state index in [0.29, 0.717) is 12.4 Å². The number of hydrogen-bond donors (Lipinski definition) is 1. The van der Waals surface area contributed by atoms with E-state index in [1.54, 1.807) is 12.1 Å². The zero-order valence-electron chi connectivity index (χ0n) is 13.7. The molecule has 0 saturated heterocycles. The Bertz CT molecular complexity index is 764. The Hall–Kier alpha value is -2.60. The van der Waals surface area contributed by atoms with Crippen LogP contribution in [0.25, 0.3) is 0 Å². The molecular weight excluding hydrogens is 349 g/mol. The fourth-order valence-electron chi connectivity index (χ4n) is 1.96. The molecule has 2 rings (SSSR count). The fourth-order valence-corrected chi connectivity index (χ4v) is 2.12. The normalized spacial score (nSPS) is 11.5. The summed E-state index contributed by atoms with van der Waals surface area (Å²) in [5, 5.41) is 2.56. The number of benzene rings is 2. The summed E-state index contributed by atoms with van der Waals surface area (Å²) >= 11 is 5.65. The highest BCUT2D eigenvalue weighted by molar-refractivity contribution is 6.30. The smallest absolute Gasteiger partial charge is 0.338 e. The van der Waals surface area contributed by atoms with E-state index in [0.717, 1.165) is 6.07 Å².